The monoisotopic (exact) mass is 274 g/mol. The number of ether oxygens (including phenoxy) is 2. The number of rotatable bonds is 5. The molecule has 0 heterocycles. The fraction of sp³-hybridized carbons (Fsp3) is 0.312. The molecule has 2 rings (SSSR count). The molecule has 0 aromatic heterocycles. The smallest absolute Gasteiger partial charge is 0.328 e. The molecular weight excluding hydrogens is 256 g/mol. The highest BCUT2D eigenvalue weighted by molar-refractivity contribution is 5.86. The van der Waals surface area contributed by atoms with Crippen molar-refractivity contribution in [2.45, 2.75) is 25.4 Å². The summed E-state index contributed by atoms with van der Waals surface area (Å²) in [7, 11) is 1.57. The van der Waals surface area contributed by atoms with E-state index in [9.17, 15) is 4.79 Å². The molecule has 0 saturated carbocycles. The Morgan fingerprint density at radius 1 is 1.45 bits per heavy atom. The minimum atomic E-state index is -0.990. The first-order valence-corrected chi connectivity index (χ1v) is 6.61. The van der Waals surface area contributed by atoms with E-state index in [1.807, 2.05) is 6.07 Å². The molecule has 1 aromatic carbocycles. The van der Waals surface area contributed by atoms with E-state index < -0.39 is 5.97 Å². The van der Waals surface area contributed by atoms with Crippen molar-refractivity contribution in [3.05, 3.63) is 42.0 Å². The molecule has 0 aliphatic heterocycles. The molecule has 1 unspecified atom stereocenters. The third-order valence-corrected chi connectivity index (χ3v) is 3.11. The van der Waals surface area contributed by atoms with Crippen molar-refractivity contribution in [2.75, 3.05) is 7.11 Å². The first kappa shape index (κ1) is 14.2. The molecule has 1 aromatic rings. The lowest BCUT2D eigenvalue weighted by atomic mass is 10.1. The van der Waals surface area contributed by atoms with Gasteiger partial charge < -0.3 is 14.6 Å². The highest BCUT2D eigenvalue weighted by atomic mass is 16.5. The van der Waals surface area contributed by atoms with Gasteiger partial charge in [0.15, 0.2) is 0 Å². The molecule has 1 N–H and O–H groups in total. The molecule has 106 valence electrons. The zero-order chi connectivity index (χ0) is 14.4. The van der Waals surface area contributed by atoms with Crippen LogP contribution in [0.2, 0.25) is 0 Å². The predicted molar refractivity (Wildman–Crippen MR) is 77.1 cm³/mol. The number of methoxy groups -OCH3 is 1. The van der Waals surface area contributed by atoms with Gasteiger partial charge in [-0.2, -0.15) is 0 Å². The van der Waals surface area contributed by atoms with Crippen molar-refractivity contribution >= 4 is 12.0 Å². The molecule has 20 heavy (non-hydrogen) atoms. The second-order valence-corrected chi connectivity index (χ2v) is 4.59. The Bertz CT molecular complexity index is 531. The molecule has 0 fully saturated rings. The van der Waals surface area contributed by atoms with Crippen LogP contribution in [-0.2, 0) is 4.79 Å². The number of carbonyl (C=O) groups is 1. The van der Waals surface area contributed by atoms with E-state index in [1.54, 1.807) is 19.2 Å². The quantitative estimate of drug-likeness (QED) is 0.661. The van der Waals surface area contributed by atoms with E-state index in [0.717, 1.165) is 25.3 Å². The maximum Gasteiger partial charge on any atom is 0.328 e. The third kappa shape index (κ3) is 3.88. The van der Waals surface area contributed by atoms with Gasteiger partial charge in [-0.1, -0.05) is 6.08 Å². The Labute approximate surface area is 118 Å². The van der Waals surface area contributed by atoms with Crippen LogP contribution in [0.25, 0.3) is 6.08 Å². The van der Waals surface area contributed by atoms with Crippen molar-refractivity contribution in [3.8, 4) is 11.5 Å². The lowest BCUT2D eigenvalue weighted by molar-refractivity contribution is -0.131. The van der Waals surface area contributed by atoms with Gasteiger partial charge in [-0.15, -0.1) is 0 Å². The number of carboxylic acids is 1. The zero-order valence-corrected chi connectivity index (χ0v) is 11.4. The number of benzene rings is 1. The van der Waals surface area contributed by atoms with E-state index in [1.165, 1.54) is 6.08 Å². The van der Waals surface area contributed by atoms with Crippen LogP contribution >= 0.6 is 0 Å². The van der Waals surface area contributed by atoms with Crippen LogP contribution in [0.3, 0.4) is 0 Å². The Kier molecular flexibility index (Phi) is 4.82. The van der Waals surface area contributed by atoms with Crippen LogP contribution in [0.15, 0.2) is 36.4 Å². The number of carboxylic acid groups (broad SMARTS) is 1. The topological polar surface area (TPSA) is 55.8 Å². The normalized spacial score (nSPS) is 18.1. The van der Waals surface area contributed by atoms with Gasteiger partial charge in [-0.3, -0.25) is 0 Å². The molecule has 0 radical (unpaired) electrons. The first-order chi connectivity index (χ1) is 9.69. The lowest BCUT2D eigenvalue weighted by Crippen LogP contribution is -2.16. The number of aliphatic carboxylic acids is 1. The second-order valence-electron chi connectivity index (χ2n) is 4.59. The first-order valence-electron chi connectivity index (χ1n) is 6.61. The summed E-state index contributed by atoms with van der Waals surface area (Å²) >= 11 is 0. The molecule has 1 atom stereocenters. The lowest BCUT2D eigenvalue weighted by Gasteiger charge is -2.20. The van der Waals surface area contributed by atoms with E-state index in [0.29, 0.717) is 17.1 Å². The van der Waals surface area contributed by atoms with Gasteiger partial charge in [0.2, 0.25) is 0 Å². The highest BCUT2D eigenvalue weighted by Crippen LogP contribution is 2.28. The zero-order valence-electron chi connectivity index (χ0n) is 11.4. The average molecular weight is 274 g/mol. The maximum absolute atomic E-state index is 10.7. The molecule has 1 aliphatic carbocycles. The second kappa shape index (κ2) is 6.80. The van der Waals surface area contributed by atoms with Crippen molar-refractivity contribution < 1.29 is 19.4 Å². The Morgan fingerprint density at radius 3 is 2.95 bits per heavy atom. The number of allylic oxidation sites excluding steroid dienone is 1. The number of hydrogen-bond donors (Lipinski definition) is 1. The van der Waals surface area contributed by atoms with E-state index >= 15 is 0 Å². The summed E-state index contributed by atoms with van der Waals surface area (Å²) in [4.78, 5) is 10.7. The van der Waals surface area contributed by atoms with Crippen LogP contribution in [0.4, 0.5) is 0 Å². The van der Waals surface area contributed by atoms with Gasteiger partial charge in [0.1, 0.15) is 17.6 Å². The fourth-order valence-corrected chi connectivity index (χ4v) is 2.09. The van der Waals surface area contributed by atoms with Gasteiger partial charge in [-0.25, -0.2) is 4.79 Å². The van der Waals surface area contributed by atoms with Crippen LogP contribution in [-0.4, -0.2) is 24.3 Å². The van der Waals surface area contributed by atoms with E-state index in [-0.39, 0.29) is 6.10 Å². The molecule has 0 spiro atoms. The molecule has 4 nitrogen and oxygen atoms in total. The SMILES string of the molecule is COc1ccc(OC2C=CCCC2)c(/C=C/C(=O)O)c1. The minimum Gasteiger partial charge on any atom is -0.497 e. The van der Waals surface area contributed by atoms with Crippen LogP contribution in [0.1, 0.15) is 24.8 Å². The molecule has 0 bridgehead atoms. The van der Waals surface area contributed by atoms with Gasteiger partial charge in [0.25, 0.3) is 0 Å². The minimum absolute atomic E-state index is 0.0501. The van der Waals surface area contributed by atoms with Gasteiger partial charge in [0, 0.05) is 11.6 Å². The predicted octanol–water partition coefficient (Wildman–Crippen LogP) is 3.28. The van der Waals surface area contributed by atoms with Crippen LogP contribution < -0.4 is 9.47 Å². The van der Waals surface area contributed by atoms with Crippen LogP contribution in [0, 0.1) is 0 Å². The summed E-state index contributed by atoms with van der Waals surface area (Å²) in [5, 5.41) is 8.74. The van der Waals surface area contributed by atoms with E-state index in [4.69, 9.17) is 14.6 Å². The molecule has 4 heteroatoms. The van der Waals surface area contributed by atoms with E-state index in [2.05, 4.69) is 12.2 Å². The fourth-order valence-electron chi connectivity index (χ4n) is 2.09. The average Bonchev–Trinajstić information content (AvgIpc) is 2.47. The van der Waals surface area contributed by atoms with Gasteiger partial charge in [-0.05, 0) is 49.6 Å². The Hall–Kier alpha value is -2.23. The maximum atomic E-state index is 10.7. The number of hydrogen-bond acceptors (Lipinski definition) is 3. The summed E-state index contributed by atoms with van der Waals surface area (Å²) in [6.07, 6.45) is 10.0. The molecular formula is C16H18O4. The van der Waals surface area contributed by atoms with Gasteiger partial charge in [0.05, 0.1) is 7.11 Å². The summed E-state index contributed by atoms with van der Waals surface area (Å²) in [6, 6.07) is 5.38. The Morgan fingerprint density at radius 2 is 2.30 bits per heavy atom. The summed E-state index contributed by atoms with van der Waals surface area (Å²) in [6.45, 7) is 0. The summed E-state index contributed by atoms with van der Waals surface area (Å²) in [5.41, 5.74) is 0.700. The van der Waals surface area contributed by atoms with Crippen molar-refractivity contribution in [2.24, 2.45) is 0 Å². The highest BCUT2D eigenvalue weighted by Gasteiger charge is 2.12. The Balaban J connectivity index is 2.23. The standard InChI is InChI=1S/C16H18O4/c1-19-14-8-9-15(12(11-14)7-10-16(17)18)20-13-5-3-2-4-6-13/h3,5,7-11,13H,2,4,6H2,1H3,(H,17,18)/b10-7+. The van der Waals surface area contributed by atoms with Crippen molar-refractivity contribution in [1.82, 2.24) is 0 Å². The van der Waals surface area contributed by atoms with Crippen molar-refractivity contribution in [3.63, 3.8) is 0 Å². The molecule has 0 amide bonds. The van der Waals surface area contributed by atoms with Crippen molar-refractivity contribution in [1.29, 1.82) is 0 Å². The third-order valence-electron chi connectivity index (χ3n) is 3.11. The molecule has 1 aliphatic rings. The molecule has 0 saturated heterocycles. The summed E-state index contributed by atoms with van der Waals surface area (Å²) < 4.78 is 11.1. The largest absolute Gasteiger partial charge is 0.497 e. The van der Waals surface area contributed by atoms with Gasteiger partial charge >= 0.3 is 5.97 Å². The summed E-state index contributed by atoms with van der Waals surface area (Å²) in [5.74, 6) is 0.345. The van der Waals surface area contributed by atoms with Crippen LogP contribution in [0.5, 0.6) is 11.5 Å².